The zero-order valence-electron chi connectivity index (χ0n) is 15.0. The number of nitrogens with zero attached hydrogens (tertiary/aromatic N) is 1. The molecule has 0 bridgehead atoms. The van der Waals surface area contributed by atoms with E-state index in [0.29, 0.717) is 0 Å². The highest BCUT2D eigenvalue weighted by Gasteiger charge is 2.43. The topological polar surface area (TPSA) is 66.7 Å². The molecular weight excluding hydrogens is 302 g/mol. The van der Waals surface area contributed by atoms with Gasteiger partial charge in [0.1, 0.15) is 5.54 Å². The van der Waals surface area contributed by atoms with E-state index in [1.807, 2.05) is 0 Å². The van der Waals surface area contributed by atoms with Crippen molar-refractivity contribution < 1.29 is 9.90 Å². The molecule has 0 saturated heterocycles. The molecule has 2 rings (SSSR count). The maximum absolute atomic E-state index is 11.3. The van der Waals surface area contributed by atoms with Crippen LogP contribution in [0.4, 0.5) is 0 Å². The van der Waals surface area contributed by atoms with E-state index in [2.05, 4.69) is 17.3 Å². The largest absolute Gasteiger partial charge is 0.481 e. The Hall–Kier alpha value is -1.19. The van der Waals surface area contributed by atoms with Crippen molar-refractivity contribution in [2.75, 3.05) is 0 Å². The quantitative estimate of drug-likeness (QED) is 0.255. The number of unbranched alkanes of at least 4 members (excludes halogenated alkanes) is 5. The summed E-state index contributed by atoms with van der Waals surface area (Å²) in [7, 11) is 0. The van der Waals surface area contributed by atoms with Gasteiger partial charge in [0, 0.05) is 0 Å². The molecule has 1 N–H and O–H groups in total. The predicted molar refractivity (Wildman–Crippen MR) is 97.0 cm³/mol. The number of rotatable bonds is 13. The monoisotopic (exact) mass is 335 g/mol. The number of carboxylic acids is 1. The van der Waals surface area contributed by atoms with Crippen LogP contribution in [0.25, 0.3) is 0 Å². The molecule has 0 spiro atoms. The van der Waals surface area contributed by atoms with Crippen LogP contribution < -0.4 is 0 Å². The fraction of sp³-hybridized carbons (Fsp3) is 0.850. The molecule has 136 valence electrons. The molecule has 4 heteroatoms. The summed E-state index contributed by atoms with van der Waals surface area (Å²) in [5, 5.41) is 12.6. The molecule has 2 fully saturated rings. The molecule has 2 aliphatic carbocycles. The van der Waals surface area contributed by atoms with Gasteiger partial charge in [-0.25, -0.2) is 0 Å². The summed E-state index contributed by atoms with van der Waals surface area (Å²) in [6.07, 6.45) is 20.1. The molecule has 0 atom stereocenters. The lowest BCUT2D eigenvalue weighted by molar-refractivity contribution is -0.155. The first kappa shape index (κ1) is 19.1. The van der Waals surface area contributed by atoms with Crippen LogP contribution in [0.3, 0.4) is 0 Å². The van der Waals surface area contributed by atoms with E-state index in [-0.39, 0.29) is 11.0 Å². The summed E-state index contributed by atoms with van der Waals surface area (Å²) >= 11 is 0. The van der Waals surface area contributed by atoms with Gasteiger partial charge >= 0.3 is 5.97 Å². The molecule has 2 saturated carbocycles. The second-order valence-electron chi connectivity index (χ2n) is 7.92. The third kappa shape index (κ3) is 5.15. The van der Waals surface area contributed by atoms with E-state index in [1.165, 1.54) is 19.3 Å². The number of carbonyl (C=O) groups is 1. The second-order valence-corrected chi connectivity index (χ2v) is 7.92. The number of hydrogen-bond donors (Lipinski definition) is 1. The van der Waals surface area contributed by atoms with Crippen molar-refractivity contribution in [3.8, 4) is 0 Å². The molecule has 24 heavy (non-hydrogen) atoms. The number of carboxylic acid groups (broad SMARTS) is 1. The van der Waals surface area contributed by atoms with Crippen molar-refractivity contribution in [3.05, 3.63) is 17.1 Å². The van der Waals surface area contributed by atoms with Gasteiger partial charge in [-0.15, -0.1) is 0 Å². The summed E-state index contributed by atoms with van der Waals surface area (Å²) in [4.78, 5) is 22.1. The van der Waals surface area contributed by atoms with Crippen LogP contribution in [0.2, 0.25) is 0 Å². The number of aliphatic carboxylic acids is 1. The van der Waals surface area contributed by atoms with Gasteiger partial charge in [0.2, 0.25) is 0 Å². The first-order valence-electron chi connectivity index (χ1n) is 9.86. The van der Waals surface area contributed by atoms with E-state index in [1.54, 1.807) is 0 Å². The molecule has 0 aromatic carbocycles. The van der Waals surface area contributed by atoms with Crippen molar-refractivity contribution in [2.45, 2.75) is 102 Å². The highest BCUT2D eigenvalue weighted by Crippen LogP contribution is 2.45. The van der Waals surface area contributed by atoms with Gasteiger partial charge in [-0.3, -0.25) is 4.79 Å². The smallest absolute Gasteiger partial charge is 0.309 e. The second kappa shape index (κ2) is 9.33. The van der Waals surface area contributed by atoms with Gasteiger partial charge in [-0.05, 0) is 70.6 Å². The van der Waals surface area contributed by atoms with Crippen LogP contribution in [-0.2, 0) is 4.79 Å². The van der Waals surface area contributed by atoms with E-state index in [9.17, 15) is 14.8 Å². The van der Waals surface area contributed by atoms with Crippen molar-refractivity contribution in [2.24, 2.45) is 10.6 Å². The minimum atomic E-state index is -0.585. The van der Waals surface area contributed by atoms with E-state index < -0.39 is 5.97 Å². The Morgan fingerprint density at radius 3 is 1.92 bits per heavy atom. The lowest BCUT2D eigenvalue weighted by Gasteiger charge is -2.37. The van der Waals surface area contributed by atoms with Crippen molar-refractivity contribution in [1.29, 1.82) is 0 Å². The van der Waals surface area contributed by atoms with Gasteiger partial charge in [0.15, 0.2) is 0 Å². The van der Waals surface area contributed by atoms with Gasteiger partial charge in [-0.1, -0.05) is 43.0 Å². The van der Waals surface area contributed by atoms with Crippen LogP contribution in [0, 0.1) is 10.3 Å². The highest BCUT2D eigenvalue weighted by atomic mass is 16.4. The molecule has 0 aromatic heterocycles. The predicted octanol–water partition coefficient (Wildman–Crippen LogP) is 6.00. The maximum Gasteiger partial charge on any atom is 0.309 e. The zero-order chi connectivity index (χ0) is 17.3. The Bertz CT molecular complexity index is 436. The first-order chi connectivity index (χ1) is 11.6. The molecule has 4 nitrogen and oxygen atoms in total. The van der Waals surface area contributed by atoms with Crippen molar-refractivity contribution >= 4 is 5.97 Å². The summed E-state index contributed by atoms with van der Waals surface area (Å²) in [5.41, 5.74) is -0.568. The lowest BCUT2D eigenvalue weighted by atomic mass is 9.66. The van der Waals surface area contributed by atoms with E-state index >= 15 is 0 Å². The summed E-state index contributed by atoms with van der Waals surface area (Å²) in [6.45, 7) is 0. The molecule has 0 radical (unpaired) electrons. The normalized spacial score (nSPS) is 21.2. The summed E-state index contributed by atoms with van der Waals surface area (Å²) < 4.78 is 0. The van der Waals surface area contributed by atoms with Crippen LogP contribution in [0.15, 0.2) is 17.3 Å². The Balaban J connectivity index is 1.41. The zero-order valence-corrected chi connectivity index (χ0v) is 15.0. The van der Waals surface area contributed by atoms with Crippen LogP contribution >= 0.6 is 0 Å². The number of hydrogen-bond acceptors (Lipinski definition) is 3. The Labute approximate surface area is 146 Å². The van der Waals surface area contributed by atoms with Gasteiger partial charge in [0.25, 0.3) is 0 Å². The third-order valence-corrected chi connectivity index (χ3v) is 6.20. The Kier molecular flexibility index (Phi) is 7.44. The lowest BCUT2D eigenvalue weighted by Crippen LogP contribution is -2.37. The van der Waals surface area contributed by atoms with E-state index in [0.717, 1.165) is 77.0 Å². The van der Waals surface area contributed by atoms with Crippen molar-refractivity contribution in [1.82, 2.24) is 0 Å². The summed E-state index contributed by atoms with van der Waals surface area (Å²) in [6, 6.07) is 0. The first-order valence-corrected chi connectivity index (χ1v) is 9.86. The van der Waals surface area contributed by atoms with Crippen LogP contribution in [-0.4, -0.2) is 16.6 Å². The molecule has 0 amide bonds. The average Bonchev–Trinajstić information content (AvgIpc) is 2.48. The molecule has 0 heterocycles. The van der Waals surface area contributed by atoms with Crippen LogP contribution in [0.1, 0.15) is 96.3 Å². The molecule has 0 aliphatic heterocycles. The number of nitroso groups, excluding NO2 is 1. The summed E-state index contributed by atoms with van der Waals surface area (Å²) in [5.74, 6) is -0.585. The molecule has 0 unspecified atom stereocenters. The molecule has 2 aliphatic rings. The fourth-order valence-corrected chi connectivity index (χ4v) is 4.00. The van der Waals surface area contributed by atoms with Gasteiger partial charge < -0.3 is 5.11 Å². The minimum Gasteiger partial charge on any atom is -0.481 e. The highest BCUT2D eigenvalue weighted by molar-refractivity contribution is 5.75. The van der Waals surface area contributed by atoms with E-state index in [4.69, 9.17) is 0 Å². The molecule has 0 aromatic rings. The van der Waals surface area contributed by atoms with Gasteiger partial charge in [0.05, 0.1) is 5.41 Å². The standard InChI is InChI=1S/C20H33NO3/c22-18(23)19(13-10-14-19)12-8-6-4-2-1-3-5-7-9-15-20(21-24)16-11-17-20/h1-2H,3-17H2,(H,22,23)/b2-1-. The Morgan fingerprint density at radius 2 is 1.46 bits per heavy atom. The maximum atomic E-state index is 11.3. The van der Waals surface area contributed by atoms with Crippen molar-refractivity contribution in [3.63, 3.8) is 0 Å². The van der Waals surface area contributed by atoms with Crippen LogP contribution in [0.5, 0.6) is 0 Å². The SMILES string of the molecule is O=NC1(CCCCC/C=C\CCCCC2(C(=O)O)CCC2)CCC1. The minimum absolute atomic E-state index is 0.191. The third-order valence-electron chi connectivity index (χ3n) is 6.20. The fourth-order valence-electron chi connectivity index (χ4n) is 4.00. The van der Waals surface area contributed by atoms with Gasteiger partial charge in [-0.2, -0.15) is 4.91 Å². The average molecular weight is 335 g/mol. The molecular formula is C20H33NO3. The Morgan fingerprint density at radius 1 is 0.875 bits per heavy atom. The number of allylic oxidation sites excluding steroid dienone is 2.